The van der Waals surface area contributed by atoms with Gasteiger partial charge in [0.15, 0.2) is 0 Å². The van der Waals surface area contributed by atoms with Gasteiger partial charge in [0.25, 0.3) is 0 Å². The van der Waals surface area contributed by atoms with Gasteiger partial charge in [-0.15, -0.1) is 0 Å². The Hall–Kier alpha value is -1.43. The molecule has 1 aromatic rings. The summed E-state index contributed by atoms with van der Waals surface area (Å²) in [5.41, 5.74) is 2.26. The van der Waals surface area contributed by atoms with Crippen LogP contribution in [0.15, 0.2) is 24.3 Å². The Morgan fingerprint density at radius 1 is 1.08 bits per heavy atom. The van der Waals surface area contributed by atoms with Crippen molar-refractivity contribution >= 4 is 11.6 Å². The third-order valence-electron chi connectivity index (χ3n) is 5.91. The van der Waals surface area contributed by atoms with E-state index in [2.05, 4.69) is 27.2 Å². The number of carbonyl (C=O) groups is 1. The van der Waals surface area contributed by atoms with E-state index in [9.17, 15) is 4.79 Å². The number of fused-ring (bicyclic) bond motifs is 1. The van der Waals surface area contributed by atoms with Crippen LogP contribution in [0.2, 0.25) is 0 Å². The molecule has 0 aliphatic carbocycles. The van der Waals surface area contributed by atoms with Crippen LogP contribution in [0.5, 0.6) is 0 Å². The fourth-order valence-electron chi connectivity index (χ4n) is 4.53. The Kier molecular flexibility index (Phi) is 5.34. The summed E-state index contributed by atoms with van der Waals surface area (Å²) in [4.78, 5) is 17.9. The molecule has 1 aromatic carbocycles. The summed E-state index contributed by atoms with van der Waals surface area (Å²) < 4.78 is 5.48. The van der Waals surface area contributed by atoms with Crippen LogP contribution < -0.4 is 5.32 Å². The maximum atomic E-state index is 12.9. The SMILES string of the molecule is O=C1Nc2ccccc2CCC1N1CCCCC1CN1CCOCC1. The molecule has 0 radical (unpaired) electrons. The highest BCUT2D eigenvalue weighted by atomic mass is 16.5. The number of morpholine rings is 1. The van der Waals surface area contributed by atoms with Gasteiger partial charge in [0, 0.05) is 31.4 Å². The average Bonchev–Trinajstić information content (AvgIpc) is 2.81. The molecule has 5 heteroatoms. The topological polar surface area (TPSA) is 44.8 Å². The Bertz CT molecular complexity index is 600. The number of nitrogens with zero attached hydrogens (tertiary/aromatic N) is 2. The summed E-state index contributed by atoms with van der Waals surface area (Å²) in [7, 11) is 0. The number of aryl methyl sites for hydroxylation is 1. The van der Waals surface area contributed by atoms with Crippen LogP contribution in [0.4, 0.5) is 5.69 Å². The third kappa shape index (κ3) is 3.89. The number of piperidine rings is 1. The van der Waals surface area contributed by atoms with Gasteiger partial charge in [-0.3, -0.25) is 14.6 Å². The molecule has 0 spiro atoms. The van der Waals surface area contributed by atoms with E-state index in [0.29, 0.717) is 6.04 Å². The minimum absolute atomic E-state index is 0.00117. The van der Waals surface area contributed by atoms with Gasteiger partial charge in [0.1, 0.15) is 0 Å². The lowest BCUT2D eigenvalue weighted by Crippen LogP contribution is -2.55. The van der Waals surface area contributed by atoms with Crippen LogP contribution in [0.25, 0.3) is 0 Å². The molecule has 25 heavy (non-hydrogen) atoms. The Morgan fingerprint density at radius 3 is 2.80 bits per heavy atom. The van der Waals surface area contributed by atoms with Crippen molar-refractivity contribution < 1.29 is 9.53 Å². The molecule has 3 aliphatic rings. The Balaban J connectivity index is 1.47. The van der Waals surface area contributed by atoms with E-state index >= 15 is 0 Å². The van der Waals surface area contributed by atoms with Crippen molar-refractivity contribution in [1.29, 1.82) is 0 Å². The highest BCUT2D eigenvalue weighted by molar-refractivity contribution is 5.96. The minimum Gasteiger partial charge on any atom is -0.379 e. The number of ether oxygens (including phenoxy) is 1. The smallest absolute Gasteiger partial charge is 0.241 e. The van der Waals surface area contributed by atoms with Crippen LogP contribution >= 0.6 is 0 Å². The summed E-state index contributed by atoms with van der Waals surface area (Å²) in [6, 6.07) is 8.72. The number of nitrogens with one attached hydrogen (secondary N) is 1. The van der Waals surface area contributed by atoms with Crippen LogP contribution in [0.1, 0.15) is 31.2 Å². The van der Waals surface area contributed by atoms with Crippen molar-refractivity contribution in [3.05, 3.63) is 29.8 Å². The molecular formula is C20H29N3O2. The van der Waals surface area contributed by atoms with Gasteiger partial charge in [-0.05, 0) is 43.9 Å². The normalized spacial score (nSPS) is 28.9. The van der Waals surface area contributed by atoms with Gasteiger partial charge in [-0.1, -0.05) is 24.6 Å². The first kappa shape index (κ1) is 17.0. The van der Waals surface area contributed by atoms with Crippen molar-refractivity contribution in [1.82, 2.24) is 9.80 Å². The van der Waals surface area contributed by atoms with E-state index in [1.807, 2.05) is 12.1 Å². The molecule has 4 rings (SSSR count). The fraction of sp³-hybridized carbons (Fsp3) is 0.650. The average molecular weight is 343 g/mol. The Morgan fingerprint density at radius 2 is 1.92 bits per heavy atom. The molecule has 2 saturated heterocycles. The summed E-state index contributed by atoms with van der Waals surface area (Å²) in [5.74, 6) is 0.179. The molecule has 1 amide bonds. The first-order valence-corrected chi connectivity index (χ1v) is 9.76. The number of amides is 1. The highest BCUT2D eigenvalue weighted by Gasteiger charge is 2.35. The Labute approximate surface area is 150 Å². The van der Waals surface area contributed by atoms with Crippen LogP contribution in [0.3, 0.4) is 0 Å². The second kappa shape index (κ2) is 7.85. The largest absolute Gasteiger partial charge is 0.379 e. The van der Waals surface area contributed by atoms with E-state index in [-0.39, 0.29) is 11.9 Å². The van der Waals surface area contributed by atoms with Gasteiger partial charge in [-0.2, -0.15) is 0 Å². The number of carbonyl (C=O) groups excluding carboxylic acids is 1. The number of likely N-dealkylation sites (tertiary alicyclic amines) is 1. The predicted molar refractivity (Wildman–Crippen MR) is 98.8 cm³/mol. The van der Waals surface area contributed by atoms with Crippen molar-refractivity contribution in [3.63, 3.8) is 0 Å². The van der Waals surface area contributed by atoms with Gasteiger partial charge in [0.05, 0.1) is 19.3 Å². The standard InChI is InChI=1S/C20H29N3O2/c24-20-19(9-8-16-5-1-2-7-18(16)21-20)23-10-4-3-6-17(23)15-22-11-13-25-14-12-22/h1-2,5,7,17,19H,3-4,6,8-15H2,(H,21,24). The summed E-state index contributed by atoms with van der Waals surface area (Å²) in [6.45, 7) is 5.83. The van der Waals surface area contributed by atoms with Gasteiger partial charge >= 0.3 is 0 Å². The molecule has 2 fully saturated rings. The molecule has 3 heterocycles. The monoisotopic (exact) mass is 343 g/mol. The first-order valence-electron chi connectivity index (χ1n) is 9.76. The minimum atomic E-state index is -0.00117. The number of rotatable bonds is 3. The lowest BCUT2D eigenvalue weighted by atomic mass is 9.96. The maximum Gasteiger partial charge on any atom is 0.241 e. The van der Waals surface area contributed by atoms with Crippen LogP contribution in [-0.2, 0) is 16.0 Å². The maximum absolute atomic E-state index is 12.9. The van der Waals surface area contributed by atoms with Gasteiger partial charge in [0.2, 0.25) is 5.91 Å². The fourth-order valence-corrected chi connectivity index (χ4v) is 4.53. The summed E-state index contributed by atoms with van der Waals surface area (Å²) >= 11 is 0. The highest BCUT2D eigenvalue weighted by Crippen LogP contribution is 2.28. The summed E-state index contributed by atoms with van der Waals surface area (Å²) in [6.07, 6.45) is 5.58. The second-order valence-corrected chi connectivity index (χ2v) is 7.50. The van der Waals surface area contributed by atoms with Crippen molar-refractivity contribution in [3.8, 4) is 0 Å². The van der Waals surface area contributed by atoms with Gasteiger partial charge < -0.3 is 10.1 Å². The number of para-hydroxylation sites is 1. The van der Waals surface area contributed by atoms with E-state index in [4.69, 9.17) is 4.74 Å². The third-order valence-corrected chi connectivity index (χ3v) is 5.91. The molecule has 2 unspecified atom stereocenters. The molecule has 2 atom stereocenters. The van der Waals surface area contributed by atoms with E-state index < -0.39 is 0 Å². The molecule has 5 nitrogen and oxygen atoms in total. The predicted octanol–water partition coefficient (Wildman–Crippen LogP) is 2.13. The van der Waals surface area contributed by atoms with E-state index in [1.165, 1.54) is 24.8 Å². The molecule has 3 aliphatic heterocycles. The lowest BCUT2D eigenvalue weighted by molar-refractivity contribution is -0.123. The van der Waals surface area contributed by atoms with Crippen LogP contribution in [-0.4, -0.2) is 67.2 Å². The van der Waals surface area contributed by atoms with Crippen molar-refractivity contribution in [2.24, 2.45) is 0 Å². The first-order chi connectivity index (χ1) is 12.3. The molecule has 0 saturated carbocycles. The zero-order valence-corrected chi connectivity index (χ0v) is 15.0. The number of benzene rings is 1. The van der Waals surface area contributed by atoms with Crippen molar-refractivity contribution in [2.45, 2.75) is 44.2 Å². The molecule has 0 aromatic heterocycles. The quantitative estimate of drug-likeness (QED) is 0.913. The van der Waals surface area contributed by atoms with E-state index in [0.717, 1.165) is 57.9 Å². The molecule has 0 bridgehead atoms. The number of hydrogen-bond acceptors (Lipinski definition) is 4. The molecular weight excluding hydrogens is 314 g/mol. The number of anilines is 1. The second-order valence-electron chi connectivity index (χ2n) is 7.50. The van der Waals surface area contributed by atoms with E-state index in [1.54, 1.807) is 0 Å². The molecule has 1 N–H and O–H groups in total. The molecule has 136 valence electrons. The number of hydrogen-bond donors (Lipinski definition) is 1. The van der Waals surface area contributed by atoms with Gasteiger partial charge in [-0.25, -0.2) is 0 Å². The zero-order chi connectivity index (χ0) is 17.1. The van der Waals surface area contributed by atoms with Crippen molar-refractivity contribution in [2.75, 3.05) is 44.7 Å². The zero-order valence-electron chi connectivity index (χ0n) is 15.0. The lowest BCUT2D eigenvalue weighted by Gasteiger charge is -2.42. The summed E-state index contributed by atoms with van der Waals surface area (Å²) in [5, 5.41) is 3.18. The van der Waals surface area contributed by atoms with Crippen LogP contribution in [0, 0.1) is 0 Å².